The average molecular weight is 299 g/mol. The predicted molar refractivity (Wildman–Crippen MR) is 91.7 cm³/mol. The zero-order valence-corrected chi connectivity index (χ0v) is 14.7. The average Bonchev–Trinajstić information content (AvgIpc) is 2.45. The van der Waals surface area contributed by atoms with Crippen LogP contribution in [-0.4, -0.2) is 11.1 Å². The van der Waals surface area contributed by atoms with Crippen LogP contribution in [0.25, 0.3) is 0 Å². The second-order valence-electron chi connectivity index (χ2n) is 6.86. The maximum atomic E-state index is 10.4. The van der Waals surface area contributed by atoms with E-state index in [2.05, 4.69) is 20.8 Å². The first kappa shape index (κ1) is 20.5. The Morgan fingerprint density at radius 1 is 0.762 bits per heavy atom. The third kappa shape index (κ3) is 14.2. The molecule has 0 bridgehead atoms. The summed E-state index contributed by atoms with van der Waals surface area (Å²) in [5.41, 5.74) is 0. The lowest BCUT2D eigenvalue weighted by Crippen LogP contribution is -2.08. The summed E-state index contributed by atoms with van der Waals surface area (Å²) in [6.45, 7) is 7.09. The lowest BCUT2D eigenvalue weighted by atomic mass is 9.86. The van der Waals surface area contributed by atoms with Crippen molar-refractivity contribution in [1.82, 2.24) is 0 Å². The Hall–Kier alpha value is -0.530. The van der Waals surface area contributed by atoms with Crippen LogP contribution in [0.4, 0.5) is 0 Å². The van der Waals surface area contributed by atoms with Gasteiger partial charge >= 0.3 is 5.97 Å². The largest absolute Gasteiger partial charge is 0.481 e. The van der Waals surface area contributed by atoms with Gasteiger partial charge in [-0.15, -0.1) is 0 Å². The fourth-order valence-corrected chi connectivity index (χ4v) is 2.91. The van der Waals surface area contributed by atoms with Gasteiger partial charge in [0.2, 0.25) is 0 Å². The van der Waals surface area contributed by atoms with Crippen LogP contribution in [0.2, 0.25) is 0 Å². The van der Waals surface area contributed by atoms with Gasteiger partial charge in [0.25, 0.3) is 0 Å². The van der Waals surface area contributed by atoms with E-state index in [-0.39, 0.29) is 0 Å². The van der Waals surface area contributed by atoms with Gasteiger partial charge in [-0.05, 0) is 18.3 Å². The van der Waals surface area contributed by atoms with Crippen LogP contribution in [0.15, 0.2) is 0 Å². The smallest absolute Gasteiger partial charge is 0.303 e. The molecule has 0 aliphatic rings. The van der Waals surface area contributed by atoms with Gasteiger partial charge in [-0.3, -0.25) is 4.79 Å². The van der Waals surface area contributed by atoms with E-state index in [9.17, 15) is 4.79 Å². The van der Waals surface area contributed by atoms with Gasteiger partial charge in [-0.1, -0.05) is 91.4 Å². The Morgan fingerprint density at radius 3 is 1.67 bits per heavy atom. The molecule has 0 aromatic carbocycles. The van der Waals surface area contributed by atoms with E-state index in [4.69, 9.17) is 5.11 Å². The maximum absolute atomic E-state index is 10.4. The summed E-state index contributed by atoms with van der Waals surface area (Å²) < 4.78 is 0. The molecule has 0 fully saturated rings. The van der Waals surface area contributed by atoms with Crippen LogP contribution in [0.5, 0.6) is 0 Å². The van der Waals surface area contributed by atoms with E-state index in [1.54, 1.807) is 0 Å². The quantitative estimate of drug-likeness (QED) is 0.353. The van der Waals surface area contributed by atoms with Crippen molar-refractivity contribution in [3.05, 3.63) is 0 Å². The molecule has 0 aliphatic heterocycles. The summed E-state index contributed by atoms with van der Waals surface area (Å²) in [6, 6.07) is 0. The van der Waals surface area contributed by atoms with Crippen molar-refractivity contribution in [3.8, 4) is 0 Å². The van der Waals surface area contributed by atoms with Crippen molar-refractivity contribution in [3.63, 3.8) is 0 Å². The number of hydrogen-bond donors (Lipinski definition) is 1. The van der Waals surface area contributed by atoms with E-state index in [0.29, 0.717) is 6.42 Å². The van der Waals surface area contributed by atoms with Gasteiger partial charge in [0.15, 0.2) is 0 Å². The fraction of sp³-hybridized carbons (Fsp3) is 0.947. The minimum Gasteiger partial charge on any atom is -0.481 e. The van der Waals surface area contributed by atoms with Gasteiger partial charge in [-0.25, -0.2) is 0 Å². The predicted octanol–water partition coefficient (Wildman–Crippen LogP) is 6.43. The summed E-state index contributed by atoms with van der Waals surface area (Å²) in [6.07, 6.45) is 15.7. The standard InChI is InChI=1S/C19H38O2/c1-4-5-6-8-11-14-17(2)18(3)15-12-9-7-10-13-16-19(20)21/h17-18H,4-16H2,1-3H3,(H,20,21). The van der Waals surface area contributed by atoms with Crippen LogP contribution in [0.3, 0.4) is 0 Å². The van der Waals surface area contributed by atoms with Crippen LogP contribution < -0.4 is 0 Å². The van der Waals surface area contributed by atoms with Crippen molar-refractivity contribution in [2.75, 3.05) is 0 Å². The first-order valence-electron chi connectivity index (χ1n) is 9.29. The maximum Gasteiger partial charge on any atom is 0.303 e. The highest BCUT2D eigenvalue weighted by atomic mass is 16.4. The van der Waals surface area contributed by atoms with Gasteiger partial charge in [-0.2, -0.15) is 0 Å². The van der Waals surface area contributed by atoms with Crippen LogP contribution >= 0.6 is 0 Å². The molecule has 126 valence electrons. The third-order valence-electron chi connectivity index (χ3n) is 4.78. The molecule has 1 N–H and O–H groups in total. The highest BCUT2D eigenvalue weighted by molar-refractivity contribution is 5.66. The fourth-order valence-electron chi connectivity index (χ4n) is 2.91. The Morgan fingerprint density at radius 2 is 1.19 bits per heavy atom. The molecule has 0 radical (unpaired) electrons. The second kappa shape index (κ2) is 14.4. The van der Waals surface area contributed by atoms with Gasteiger partial charge in [0.05, 0.1) is 0 Å². The molecule has 0 aliphatic carbocycles. The summed E-state index contributed by atoms with van der Waals surface area (Å²) >= 11 is 0. The second-order valence-corrected chi connectivity index (χ2v) is 6.86. The highest BCUT2D eigenvalue weighted by Crippen LogP contribution is 2.24. The van der Waals surface area contributed by atoms with E-state index in [0.717, 1.165) is 24.7 Å². The summed E-state index contributed by atoms with van der Waals surface area (Å²) in [4.78, 5) is 10.4. The number of aliphatic carboxylic acids is 1. The number of carbonyl (C=O) groups is 1. The first-order valence-corrected chi connectivity index (χ1v) is 9.29. The molecule has 0 aromatic rings. The molecule has 2 unspecified atom stereocenters. The molecule has 0 spiro atoms. The minimum atomic E-state index is -0.656. The Bertz CT molecular complexity index is 238. The first-order chi connectivity index (χ1) is 10.1. The molecule has 21 heavy (non-hydrogen) atoms. The summed E-state index contributed by atoms with van der Waals surface area (Å²) in [7, 11) is 0. The van der Waals surface area contributed by atoms with Gasteiger partial charge in [0, 0.05) is 6.42 Å². The number of carboxylic acids is 1. The molecule has 0 amide bonds. The number of unbranched alkanes of at least 4 members (excludes halogenated alkanes) is 8. The molecular weight excluding hydrogens is 260 g/mol. The summed E-state index contributed by atoms with van der Waals surface area (Å²) in [5.74, 6) is 1.05. The van der Waals surface area contributed by atoms with Gasteiger partial charge < -0.3 is 5.11 Å². The zero-order chi connectivity index (χ0) is 15.9. The number of carboxylic acid groups (broad SMARTS) is 1. The molecule has 0 saturated carbocycles. The highest BCUT2D eigenvalue weighted by Gasteiger charge is 2.11. The Labute approximate surface area is 132 Å². The number of hydrogen-bond acceptors (Lipinski definition) is 1. The zero-order valence-electron chi connectivity index (χ0n) is 14.7. The van der Waals surface area contributed by atoms with Crippen molar-refractivity contribution in [1.29, 1.82) is 0 Å². The normalized spacial score (nSPS) is 14.0. The molecule has 0 saturated heterocycles. The molecular formula is C19H38O2. The minimum absolute atomic E-state index is 0.339. The van der Waals surface area contributed by atoms with E-state index in [1.165, 1.54) is 64.2 Å². The monoisotopic (exact) mass is 298 g/mol. The Kier molecular flexibility index (Phi) is 14.0. The molecule has 0 rings (SSSR count). The molecule has 0 heterocycles. The lowest BCUT2D eigenvalue weighted by Gasteiger charge is -2.19. The molecule has 2 atom stereocenters. The van der Waals surface area contributed by atoms with Crippen LogP contribution in [-0.2, 0) is 4.79 Å². The Balaban J connectivity index is 3.38. The molecule has 0 aromatic heterocycles. The SMILES string of the molecule is CCCCCCCC(C)C(C)CCCCCCCC(=O)O. The van der Waals surface area contributed by atoms with Crippen molar-refractivity contribution < 1.29 is 9.90 Å². The van der Waals surface area contributed by atoms with Crippen molar-refractivity contribution in [2.45, 2.75) is 104 Å². The lowest BCUT2D eigenvalue weighted by molar-refractivity contribution is -0.137. The van der Waals surface area contributed by atoms with E-state index < -0.39 is 5.97 Å². The summed E-state index contributed by atoms with van der Waals surface area (Å²) in [5, 5.41) is 8.57. The van der Waals surface area contributed by atoms with E-state index >= 15 is 0 Å². The third-order valence-corrected chi connectivity index (χ3v) is 4.78. The van der Waals surface area contributed by atoms with Gasteiger partial charge in [0.1, 0.15) is 0 Å². The van der Waals surface area contributed by atoms with E-state index in [1.807, 2.05) is 0 Å². The van der Waals surface area contributed by atoms with Crippen molar-refractivity contribution >= 4 is 5.97 Å². The topological polar surface area (TPSA) is 37.3 Å². The van der Waals surface area contributed by atoms with Crippen molar-refractivity contribution in [2.24, 2.45) is 11.8 Å². The van der Waals surface area contributed by atoms with Crippen LogP contribution in [0, 0.1) is 11.8 Å². The molecule has 2 heteroatoms. The van der Waals surface area contributed by atoms with Crippen LogP contribution in [0.1, 0.15) is 104 Å². The number of rotatable bonds is 15. The molecule has 2 nitrogen and oxygen atoms in total.